The van der Waals surface area contributed by atoms with Gasteiger partial charge in [0.1, 0.15) is 0 Å². The maximum Gasteiger partial charge on any atom is 0.337 e. The summed E-state index contributed by atoms with van der Waals surface area (Å²) in [7, 11) is 1.34. The van der Waals surface area contributed by atoms with Crippen LogP contribution in [0.4, 0.5) is 0 Å². The van der Waals surface area contributed by atoms with Crippen LogP contribution >= 0.6 is 11.8 Å². The van der Waals surface area contributed by atoms with Gasteiger partial charge >= 0.3 is 5.97 Å². The van der Waals surface area contributed by atoms with E-state index in [1.54, 1.807) is 17.2 Å². The molecule has 3 heterocycles. The first-order valence-corrected chi connectivity index (χ1v) is 11.9. The van der Waals surface area contributed by atoms with Gasteiger partial charge in [-0.25, -0.2) is 4.79 Å². The highest BCUT2D eigenvalue weighted by Crippen LogP contribution is 2.47. The Bertz CT molecular complexity index is 1150. The Balaban J connectivity index is 1.81. The van der Waals surface area contributed by atoms with E-state index in [1.807, 2.05) is 57.2 Å². The van der Waals surface area contributed by atoms with Crippen molar-refractivity contribution in [2.24, 2.45) is 0 Å². The highest BCUT2D eigenvalue weighted by Gasteiger charge is 2.48. The summed E-state index contributed by atoms with van der Waals surface area (Å²) >= 11 is 1.39. The number of hydrogen-bond donors (Lipinski definition) is 1. The number of esters is 1. The lowest BCUT2D eigenvalue weighted by atomic mass is 9.93. The van der Waals surface area contributed by atoms with Gasteiger partial charge in [-0.2, -0.15) is 0 Å². The van der Waals surface area contributed by atoms with E-state index in [-0.39, 0.29) is 11.4 Å². The molecule has 34 heavy (non-hydrogen) atoms. The second-order valence-corrected chi connectivity index (χ2v) is 8.72. The molecule has 4 rings (SSSR count). The molecular formula is C25H27N3O5S. The molecular weight excluding hydrogens is 454 g/mol. The summed E-state index contributed by atoms with van der Waals surface area (Å²) in [6.45, 7) is 6.55. The van der Waals surface area contributed by atoms with Crippen LogP contribution in [0.1, 0.15) is 38.1 Å². The Labute approximate surface area is 203 Å². The molecule has 1 N–H and O–H groups in total. The number of hydrogen-bond acceptors (Lipinski definition) is 8. The van der Waals surface area contributed by atoms with Gasteiger partial charge < -0.3 is 19.5 Å². The average Bonchev–Trinajstić information content (AvgIpc) is 3.14. The van der Waals surface area contributed by atoms with Crippen LogP contribution in [0, 0.1) is 0 Å². The summed E-state index contributed by atoms with van der Waals surface area (Å²) in [5.41, 5.74) is 2.06. The van der Waals surface area contributed by atoms with E-state index in [0.717, 1.165) is 5.56 Å². The van der Waals surface area contributed by atoms with Gasteiger partial charge in [0, 0.05) is 11.9 Å². The zero-order valence-electron chi connectivity index (χ0n) is 19.5. The molecule has 2 atom stereocenters. The summed E-state index contributed by atoms with van der Waals surface area (Å²) in [5.74, 6) is 0.471. The number of carbonyl (C=O) groups is 2. The van der Waals surface area contributed by atoms with Gasteiger partial charge in [0.15, 0.2) is 17.0 Å². The molecule has 0 unspecified atom stereocenters. The van der Waals surface area contributed by atoms with E-state index in [2.05, 4.69) is 10.3 Å². The Kier molecular flexibility index (Phi) is 7.12. The zero-order valence-corrected chi connectivity index (χ0v) is 20.3. The molecule has 8 nitrogen and oxygen atoms in total. The number of amides is 1. The van der Waals surface area contributed by atoms with E-state index in [4.69, 9.17) is 14.2 Å². The summed E-state index contributed by atoms with van der Waals surface area (Å²) < 4.78 is 16.6. The monoisotopic (exact) mass is 481 g/mol. The van der Waals surface area contributed by atoms with Crippen molar-refractivity contribution in [1.29, 1.82) is 0 Å². The van der Waals surface area contributed by atoms with Gasteiger partial charge in [-0.15, -0.1) is 0 Å². The van der Waals surface area contributed by atoms with Crippen molar-refractivity contribution in [2.75, 3.05) is 20.3 Å². The predicted molar refractivity (Wildman–Crippen MR) is 130 cm³/mol. The number of nitrogens with one attached hydrogen (secondary N) is 1. The minimum Gasteiger partial charge on any atom is -0.490 e. The molecule has 1 aromatic heterocycles. The second kappa shape index (κ2) is 10.2. The molecule has 0 aliphatic carbocycles. The molecule has 178 valence electrons. The van der Waals surface area contributed by atoms with Crippen LogP contribution in [-0.2, 0) is 14.3 Å². The van der Waals surface area contributed by atoms with Crippen molar-refractivity contribution in [1.82, 2.24) is 15.2 Å². The van der Waals surface area contributed by atoms with Gasteiger partial charge in [-0.05, 0) is 56.7 Å². The molecule has 2 aliphatic rings. The topological polar surface area (TPSA) is 90.0 Å². The number of nitrogens with zero attached hydrogens (tertiary/aromatic N) is 2. The second-order valence-electron chi connectivity index (χ2n) is 7.60. The number of carbonyl (C=O) groups excluding carboxylic acids is 2. The van der Waals surface area contributed by atoms with Crippen molar-refractivity contribution in [3.05, 3.63) is 70.0 Å². The minimum atomic E-state index is -0.664. The molecule has 0 saturated carbocycles. The highest BCUT2D eigenvalue weighted by molar-refractivity contribution is 8.05. The van der Waals surface area contributed by atoms with Gasteiger partial charge in [-0.3, -0.25) is 14.7 Å². The molecule has 2 aliphatic heterocycles. The quantitative estimate of drug-likeness (QED) is 0.471. The fourth-order valence-electron chi connectivity index (χ4n) is 4.05. The summed E-state index contributed by atoms with van der Waals surface area (Å²) in [6, 6.07) is 10.4. The van der Waals surface area contributed by atoms with Crippen molar-refractivity contribution in [2.45, 2.75) is 32.3 Å². The Morgan fingerprint density at radius 1 is 1.18 bits per heavy atom. The maximum absolute atomic E-state index is 13.6. The Morgan fingerprint density at radius 2 is 1.94 bits per heavy atom. The lowest BCUT2D eigenvalue weighted by molar-refractivity contribution is -0.138. The van der Waals surface area contributed by atoms with Crippen LogP contribution in [0.15, 0.2) is 58.8 Å². The van der Waals surface area contributed by atoms with Crippen molar-refractivity contribution in [3.63, 3.8) is 0 Å². The molecule has 0 radical (unpaired) electrons. The third-order valence-electron chi connectivity index (χ3n) is 5.49. The zero-order chi connectivity index (χ0) is 24.2. The lowest BCUT2D eigenvalue weighted by Gasteiger charge is -2.39. The van der Waals surface area contributed by atoms with Crippen LogP contribution in [0.2, 0.25) is 0 Å². The predicted octanol–water partition coefficient (Wildman–Crippen LogP) is 3.87. The minimum absolute atomic E-state index is 0.195. The number of methoxy groups -OCH3 is 1. The van der Waals surface area contributed by atoms with Crippen molar-refractivity contribution in [3.8, 4) is 11.5 Å². The number of thioether (sulfide) groups is 1. The first-order chi connectivity index (χ1) is 16.5. The van der Waals surface area contributed by atoms with E-state index in [9.17, 15) is 9.59 Å². The Morgan fingerprint density at radius 3 is 2.62 bits per heavy atom. The molecule has 9 heteroatoms. The SMILES string of the molecule is CCOc1ccc([C@@H]2C(C(=O)OC)=C(C)N[C@@H]3S/C(=C\c4ccccn4)C(=O)N32)cc1OCC. The molecule has 1 saturated heterocycles. The normalized spacial score (nSPS) is 20.8. The van der Waals surface area contributed by atoms with Gasteiger partial charge in [0.05, 0.1) is 42.5 Å². The van der Waals surface area contributed by atoms with Crippen LogP contribution in [0.5, 0.6) is 11.5 Å². The lowest BCUT2D eigenvalue weighted by Crippen LogP contribution is -2.49. The number of aromatic nitrogens is 1. The molecule has 1 aromatic carbocycles. The first kappa shape index (κ1) is 23.7. The van der Waals surface area contributed by atoms with Gasteiger partial charge in [0.25, 0.3) is 5.91 Å². The highest BCUT2D eigenvalue weighted by atomic mass is 32.2. The average molecular weight is 482 g/mol. The number of rotatable bonds is 7. The van der Waals surface area contributed by atoms with E-state index >= 15 is 0 Å². The van der Waals surface area contributed by atoms with E-state index < -0.39 is 12.0 Å². The first-order valence-electron chi connectivity index (χ1n) is 11.1. The van der Waals surface area contributed by atoms with Crippen LogP contribution < -0.4 is 14.8 Å². The number of pyridine rings is 1. The van der Waals surface area contributed by atoms with Crippen LogP contribution in [-0.4, -0.2) is 47.6 Å². The fourth-order valence-corrected chi connectivity index (χ4v) is 5.25. The summed E-state index contributed by atoms with van der Waals surface area (Å²) in [6.07, 6.45) is 3.45. The molecule has 0 bridgehead atoms. The largest absolute Gasteiger partial charge is 0.490 e. The third-order valence-corrected chi connectivity index (χ3v) is 6.60. The summed E-state index contributed by atoms with van der Waals surface area (Å²) in [4.78, 5) is 33.0. The Hall–Kier alpha value is -3.46. The number of fused-ring (bicyclic) bond motifs is 1. The van der Waals surface area contributed by atoms with Crippen molar-refractivity contribution >= 4 is 29.7 Å². The van der Waals surface area contributed by atoms with E-state index in [1.165, 1.54) is 18.9 Å². The number of allylic oxidation sites excluding steroid dienone is 1. The van der Waals surface area contributed by atoms with E-state index in [0.29, 0.717) is 46.6 Å². The molecule has 1 amide bonds. The third kappa shape index (κ3) is 4.48. The molecule has 1 fully saturated rings. The van der Waals surface area contributed by atoms with Crippen LogP contribution in [0.3, 0.4) is 0 Å². The summed E-state index contributed by atoms with van der Waals surface area (Å²) in [5, 5.41) is 3.29. The molecule has 2 aromatic rings. The standard InChI is InChI=1S/C25H27N3O5S/c1-5-32-18-11-10-16(13-19(18)33-6-2)22-21(24(30)31-4)15(3)27-25-28(22)23(29)20(34-25)14-17-9-7-8-12-26-17/h7-14,22,25,27H,5-6H2,1-4H3/b20-14-/t22-,25+/m1/s1. The van der Waals surface area contributed by atoms with Gasteiger partial charge in [-0.1, -0.05) is 23.9 Å². The van der Waals surface area contributed by atoms with Crippen molar-refractivity contribution < 1.29 is 23.8 Å². The maximum atomic E-state index is 13.6. The number of benzene rings is 1. The van der Waals surface area contributed by atoms with Gasteiger partial charge in [0.2, 0.25) is 0 Å². The number of ether oxygens (including phenoxy) is 3. The smallest absolute Gasteiger partial charge is 0.337 e. The molecule has 0 spiro atoms. The fraction of sp³-hybridized carbons (Fsp3) is 0.320. The van der Waals surface area contributed by atoms with Crippen LogP contribution in [0.25, 0.3) is 6.08 Å².